The highest BCUT2D eigenvalue weighted by molar-refractivity contribution is 7.80. The molecule has 1 aliphatic rings. The zero-order chi connectivity index (χ0) is 21.8. The van der Waals surface area contributed by atoms with Gasteiger partial charge in [-0.3, -0.25) is 4.79 Å². The molecular weight excluding hydrogens is 403 g/mol. The number of carbonyl (C=O) groups is 1. The highest BCUT2D eigenvalue weighted by Crippen LogP contribution is 2.36. The van der Waals surface area contributed by atoms with Crippen molar-refractivity contribution in [1.29, 1.82) is 0 Å². The van der Waals surface area contributed by atoms with Gasteiger partial charge in [0, 0.05) is 18.3 Å². The number of thiocarbonyl (C=S) groups is 1. The Labute approximate surface area is 181 Å². The molecule has 30 heavy (non-hydrogen) atoms. The molecule has 0 saturated carbocycles. The molecule has 3 rings (SSSR count). The maximum Gasteiger partial charge on any atom is 0.173 e. The van der Waals surface area contributed by atoms with Crippen molar-refractivity contribution in [2.24, 2.45) is 0 Å². The molecule has 1 N–H and O–H groups in total. The van der Waals surface area contributed by atoms with Gasteiger partial charge in [-0.05, 0) is 68.4 Å². The first-order valence-electron chi connectivity index (χ1n) is 9.71. The van der Waals surface area contributed by atoms with Crippen LogP contribution in [0, 0.1) is 5.82 Å². The molecule has 158 valence electrons. The number of Topliss-reactive ketones (excluding diaryl/α,β-unsaturated/α-hetero) is 1. The number of ketones is 1. The van der Waals surface area contributed by atoms with Gasteiger partial charge in [0.1, 0.15) is 12.4 Å². The zero-order valence-corrected chi connectivity index (χ0v) is 18.3. The van der Waals surface area contributed by atoms with Gasteiger partial charge >= 0.3 is 0 Å². The van der Waals surface area contributed by atoms with Crippen LogP contribution in [0.5, 0.6) is 11.5 Å². The predicted octanol–water partition coefficient (Wildman–Crippen LogP) is 4.53. The van der Waals surface area contributed by atoms with Gasteiger partial charge in [0.2, 0.25) is 0 Å². The third kappa shape index (κ3) is 4.62. The highest BCUT2D eigenvalue weighted by Gasteiger charge is 2.31. The molecule has 0 saturated heterocycles. The summed E-state index contributed by atoms with van der Waals surface area (Å²) in [6.45, 7) is 6.09. The number of hydrogen-bond acceptors (Lipinski definition) is 4. The first-order chi connectivity index (χ1) is 14.3. The van der Waals surface area contributed by atoms with Gasteiger partial charge in [0.15, 0.2) is 22.4 Å². The van der Waals surface area contributed by atoms with Crippen molar-refractivity contribution in [1.82, 2.24) is 10.2 Å². The fraction of sp³-hybridized carbons (Fsp3) is 0.304. The summed E-state index contributed by atoms with van der Waals surface area (Å²) in [4.78, 5) is 14.2. The Balaban J connectivity index is 1.91. The van der Waals surface area contributed by atoms with E-state index in [4.69, 9.17) is 21.7 Å². The number of carbonyl (C=O) groups excluding carboxylic acids is 1. The summed E-state index contributed by atoms with van der Waals surface area (Å²) in [5, 5.41) is 3.80. The molecule has 5 nitrogen and oxygen atoms in total. The molecule has 2 aromatic carbocycles. The van der Waals surface area contributed by atoms with E-state index in [1.807, 2.05) is 39.1 Å². The van der Waals surface area contributed by atoms with Crippen LogP contribution in [-0.4, -0.2) is 29.5 Å². The standard InChI is InChI=1S/C23H25FN2O3S/c1-5-28-20-12-17(22-21(15(3)27)14(2)26(4)23(30)25-22)8-11-19(20)29-13-16-6-9-18(24)10-7-16/h6-12,22H,5,13H2,1-4H3,(H,25,30). The van der Waals surface area contributed by atoms with Crippen LogP contribution in [0.4, 0.5) is 4.39 Å². The van der Waals surface area contributed by atoms with Crippen LogP contribution in [0.2, 0.25) is 0 Å². The molecule has 1 heterocycles. The lowest BCUT2D eigenvalue weighted by Gasteiger charge is -2.35. The van der Waals surface area contributed by atoms with Gasteiger partial charge in [-0.1, -0.05) is 18.2 Å². The Morgan fingerprint density at radius 1 is 1.17 bits per heavy atom. The van der Waals surface area contributed by atoms with Gasteiger partial charge in [-0.2, -0.15) is 0 Å². The number of benzene rings is 2. The summed E-state index contributed by atoms with van der Waals surface area (Å²) < 4.78 is 24.8. The van der Waals surface area contributed by atoms with Crippen molar-refractivity contribution in [2.75, 3.05) is 13.7 Å². The van der Waals surface area contributed by atoms with Crippen molar-refractivity contribution < 1.29 is 18.7 Å². The molecular formula is C23H25FN2O3S. The van der Waals surface area contributed by atoms with E-state index in [2.05, 4.69) is 5.32 Å². The van der Waals surface area contributed by atoms with E-state index in [0.29, 0.717) is 28.8 Å². The number of halogens is 1. The van der Waals surface area contributed by atoms with Gasteiger partial charge < -0.3 is 19.7 Å². The summed E-state index contributed by atoms with van der Waals surface area (Å²) in [5.74, 6) is 0.843. The third-order valence-electron chi connectivity index (χ3n) is 5.04. The van der Waals surface area contributed by atoms with E-state index in [1.165, 1.54) is 12.1 Å². The molecule has 0 spiro atoms. The molecule has 0 fully saturated rings. The van der Waals surface area contributed by atoms with E-state index < -0.39 is 0 Å². The monoisotopic (exact) mass is 428 g/mol. The number of allylic oxidation sites excluding steroid dienone is 1. The van der Waals surface area contributed by atoms with E-state index in [9.17, 15) is 9.18 Å². The number of ether oxygens (including phenoxy) is 2. The molecule has 0 aromatic heterocycles. The summed E-state index contributed by atoms with van der Waals surface area (Å²) in [7, 11) is 1.84. The Kier molecular flexibility index (Phi) is 6.72. The number of hydrogen-bond donors (Lipinski definition) is 1. The zero-order valence-electron chi connectivity index (χ0n) is 17.5. The summed E-state index contributed by atoms with van der Waals surface area (Å²) >= 11 is 5.42. The van der Waals surface area contributed by atoms with Crippen LogP contribution in [-0.2, 0) is 11.4 Å². The third-order valence-corrected chi connectivity index (χ3v) is 5.43. The SMILES string of the molecule is CCOc1cc(C2NC(=S)N(C)C(C)=C2C(C)=O)ccc1OCc1ccc(F)cc1. The van der Waals surface area contributed by atoms with E-state index in [1.54, 1.807) is 24.0 Å². The van der Waals surface area contributed by atoms with Gasteiger partial charge in [-0.25, -0.2) is 4.39 Å². The fourth-order valence-electron chi connectivity index (χ4n) is 3.38. The van der Waals surface area contributed by atoms with E-state index in [-0.39, 0.29) is 24.2 Å². The molecule has 1 aliphatic heterocycles. The van der Waals surface area contributed by atoms with Gasteiger partial charge in [0.25, 0.3) is 0 Å². The van der Waals surface area contributed by atoms with Crippen molar-refractivity contribution in [3.05, 3.63) is 70.7 Å². The molecule has 1 atom stereocenters. The van der Waals surface area contributed by atoms with Crippen LogP contribution >= 0.6 is 12.2 Å². The van der Waals surface area contributed by atoms with Crippen molar-refractivity contribution >= 4 is 23.1 Å². The molecule has 1 unspecified atom stereocenters. The molecule has 0 amide bonds. The maximum absolute atomic E-state index is 13.1. The highest BCUT2D eigenvalue weighted by atomic mass is 32.1. The van der Waals surface area contributed by atoms with Crippen molar-refractivity contribution in [3.63, 3.8) is 0 Å². The van der Waals surface area contributed by atoms with Crippen LogP contribution in [0.1, 0.15) is 37.9 Å². The molecule has 0 radical (unpaired) electrons. The number of nitrogens with one attached hydrogen (secondary N) is 1. The Morgan fingerprint density at radius 2 is 1.87 bits per heavy atom. The first-order valence-corrected chi connectivity index (χ1v) is 10.1. The Morgan fingerprint density at radius 3 is 2.50 bits per heavy atom. The summed E-state index contributed by atoms with van der Waals surface area (Å²) in [6.07, 6.45) is 0. The van der Waals surface area contributed by atoms with Crippen LogP contribution < -0.4 is 14.8 Å². The summed E-state index contributed by atoms with van der Waals surface area (Å²) in [5.41, 5.74) is 3.19. The minimum atomic E-state index is -0.364. The maximum atomic E-state index is 13.1. The minimum absolute atomic E-state index is 0.0195. The number of nitrogens with zero attached hydrogens (tertiary/aromatic N) is 1. The average molecular weight is 429 g/mol. The lowest BCUT2D eigenvalue weighted by Crippen LogP contribution is -2.45. The van der Waals surface area contributed by atoms with Crippen LogP contribution in [0.25, 0.3) is 0 Å². The second kappa shape index (κ2) is 9.26. The molecule has 0 bridgehead atoms. The van der Waals surface area contributed by atoms with E-state index >= 15 is 0 Å². The van der Waals surface area contributed by atoms with Crippen LogP contribution in [0.15, 0.2) is 53.7 Å². The van der Waals surface area contributed by atoms with Gasteiger partial charge in [-0.15, -0.1) is 0 Å². The van der Waals surface area contributed by atoms with Gasteiger partial charge in [0.05, 0.1) is 12.6 Å². The largest absolute Gasteiger partial charge is 0.490 e. The Hall–Kier alpha value is -2.93. The fourth-order valence-corrected chi connectivity index (χ4v) is 3.63. The second-order valence-electron chi connectivity index (χ2n) is 7.05. The normalized spacial score (nSPS) is 16.4. The quantitative estimate of drug-likeness (QED) is 0.654. The number of rotatable bonds is 7. The topological polar surface area (TPSA) is 50.8 Å². The lowest BCUT2D eigenvalue weighted by molar-refractivity contribution is -0.114. The summed E-state index contributed by atoms with van der Waals surface area (Å²) in [6, 6.07) is 11.4. The molecule has 7 heteroatoms. The molecule has 2 aromatic rings. The van der Waals surface area contributed by atoms with Crippen LogP contribution in [0.3, 0.4) is 0 Å². The lowest BCUT2D eigenvalue weighted by atomic mass is 9.92. The van der Waals surface area contributed by atoms with Crippen molar-refractivity contribution in [2.45, 2.75) is 33.4 Å². The van der Waals surface area contributed by atoms with Crippen molar-refractivity contribution in [3.8, 4) is 11.5 Å². The Bertz CT molecular complexity index is 988. The molecule has 0 aliphatic carbocycles. The second-order valence-corrected chi connectivity index (χ2v) is 7.44. The predicted molar refractivity (Wildman–Crippen MR) is 118 cm³/mol. The smallest absolute Gasteiger partial charge is 0.173 e. The van der Waals surface area contributed by atoms with E-state index in [0.717, 1.165) is 16.8 Å². The first kappa shape index (κ1) is 21.8. The average Bonchev–Trinajstić information content (AvgIpc) is 2.72. The minimum Gasteiger partial charge on any atom is -0.490 e.